The first-order valence-electron chi connectivity index (χ1n) is 9.02. The molecule has 1 aliphatic carbocycles. The zero-order chi connectivity index (χ0) is 19.2. The Balaban J connectivity index is 1.54. The minimum absolute atomic E-state index is 0.0395. The van der Waals surface area contributed by atoms with Crippen LogP contribution in [-0.4, -0.2) is 44.6 Å². The normalized spacial score (nSPS) is 16.3. The van der Waals surface area contributed by atoms with E-state index in [2.05, 4.69) is 26.5 Å². The molecule has 2 aromatic heterocycles. The number of aryl methyl sites for hydroxylation is 2. The topological polar surface area (TPSA) is 94.1 Å². The van der Waals surface area contributed by atoms with Crippen LogP contribution in [0.25, 0.3) is 11.4 Å². The lowest BCUT2D eigenvalue weighted by Crippen LogP contribution is -2.27. The van der Waals surface area contributed by atoms with Gasteiger partial charge in [-0.15, -0.1) is 0 Å². The number of nitrogens with zero attached hydrogens (tertiary/aromatic N) is 3. The van der Waals surface area contributed by atoms with Gasteiger partial charge in [-0.3, -0.25) is 4.79 Å². The van der Waals surface area contributed by atoms with E-state index in [4.69, 9.17) is 8.94 Å². The van der Waals surface area contributed by atoms with Crippen molar-refractivity contribution in [1.29, 1.82) is 0 Å². The summed E-state index contributed by atoms with van der Waals surface area (Å²) >= 11 is 0. The number of hydrogen-bond donors (Lipinski definition) is 1. The van der Waals surface area contributed by atoms with Gasteiger partial charge < -0.3 is 14.3 Å². The van der Waals surface area contributed by atoms with Crippen LogP contribution in [0.3, 0.4) is 0 Å². The van der Waals surface area contributed by atoms with Crippen molar-refractivity contribution < 1.29 is 13.7 Å². The van der Waals surface area contributed by atoms with Gasteiger partial charge in [0.05, 0.1) is 12.2 Å². The average molecular weight is 360 g/mol. The van der Waals surface area contributed by atoms with Crippen molar-refractivity contribution in [3.63, 3.8) is 0 Å². The first kappa shape index (κ1) is 17.6. The molecule has 0 aliphatic heterocycles. The van der Waals surface area contributed by atoms with E-state index in [0.717, 1.165) is 24.0 Å². The lowest BCUT2D eigenvalue weighted by molar-refractivity contribution is 0.0907. The monoisotopic (exact) mass is 360 g/mol. The van der Waals surface area contributed by atoms with Crippen LogP contribution in [0.2, 0.25) is 0 Å². The molecule has 0 radical (unpaired) electrons. The molecule has 27 heavy (non-hydrogen) atoms. The van der Waals surface area contributed by atoms with Gasteiger partial charge in [0.1, 0.15) is 23.5 Å². The molecular weight excluding hydrogens is 341 g/mol. The van der Waals surface area contributed by atoms with E-state index in [1.807, 2.05) is 35.7 Å². The highest BCUT2D eigenvalue weighted by Crippen LogP contribution is 2.34. The molecule has 1 N–H and O–H groups in total. The maximum Gasteiger partial charge on any atom is 0.289 e. The molecule has 3 aromatic rings. The van der Waals surface area contributed by atoms with Gasteiger partial charge in [0, 0.05) is 12.5 Å². The van der Waals surface area contributed by atoms with Gasteiger partial charge in [-0.05, 0) is 35.1 Å². The zero-order valence-corrected chi connectivity index (χ0v) is 15.9. The first-order chi connectivity index (χ1) is 12.8. The number of amides is 1. The Kier molecular flexibility index (Phi) is 4.21. The molecule has 0 bridgehead atoms. The first-order valence-corrected chi connectivity index (χ1v) is 9.02. The molecule has 1 aromatic carbocycles. The van der Waals surface area contributed by atoms with Crippen molar-refractivity contribution in [1.82, 2.24) is 20.4 Å². The fourth-order valence-corrected chi connectivity index (χ4v) is 3.25. The van der Waals surface area contributed by atoms with Crippen LogP contribution in [0.4, 0.5) is 0 Å². The summed E-state index contributed by atoms with van der Waals surface area (Å²) in [7, 11) is 6.11. The zero-order valence-electron chi connectivity index (χ0n) is 15.9. The molecule has 10 heteroatoms. The second-order valence-electron chi connectivity index (χ2n) is 7.89. The highest BCUT2D eigenvalue weighted by atomic mass is 16.5. The average Bonchev–Trinajstić information content (AvgIpc) is 3.33. The molecule has 0 spiro atoms. The number of carbonyl (C=O) groups is 1. The second-order valence-corrected chi connectivity index (χ2v) is 7.89. The van der Waals surface area contributed by atoms with E-state index in [9.17, 15) is 4.79 Å². The lowest BCUT2D eigenvalue weighted by atomic mass is 9.42. The number of nitrogens with one attached hydrogen (secondary N) is 1. The molecule has 4 rings (SSSR count). The smallest absolute Gasteiger partial charge is 0.289 e. The lowest BCUT2D eigenvalue weighted by Gasteiger charge is -2.13. The highest BCUT2D eigenvalue weighted by Gasteiger charge is 2.27. The van der Waals surface area contributed by atoms with Crippen LogP contribution in [0.1, 0.15) is 45.9 Å². The summed E-state index contributed by atoms with van der Waals surface area (Å²) in [6, 6.07) is 6.04. The van der Waals surface area contributed by atoms with Gasteiger partial charge in [-0.1, -0.05) is 17.3 Å². The predicted octanol–water partition coefficient (Wildman–Crippen LogP) is -0.540. The van der Waals surface area contributed by atoms with E-state index in [-0.39, 0.29) is 22.8 Å². The molecule has 2 heterocycles. The summed E-state index contributed by atoms with van der Waals surface area (Å²) in [6.45, 7) is 1.71. The number of benzene rings is 1. The van der Waals surface area contributed by atoms with Crippen molar-refractivity contribution in [3.8, 4) is 11.4 Å². The summed E-state index contributed by atoms with van der Waals surface area (Å²) in [5.41, 5.74) is 3.22. The molecule has 1 amide bonds. The summed E-state index contributed by atoms with van der Waals surface area (Å²) in [5, 5.41) is 6.95. The molecule has 7 nitrogen and oxygen atoms in total. The number of rotatable bonds is 4. The minimum atomic E-state index is -0.245. The second kappa shape index (κ2) is 6.44. The SMILES string of the molecule is BC(B)(B)c1nc(-c2ccc3c(c2)CC[C@H]3NC(=O)c2cnc(C)o2)no1. The quantitative estimate of drug-likeness (QED) is 0.629. The van der Waals surface area contributed by atoms with Crippen LogP contribution >= 0.6 is 0 Å². The van der Waals surface area contributed by atoms with Gasteiger partial charge in [-0.25, -0.2) is 4.98 Å². The number of fused-ring (bicyclic) bond motifs is 1. The molecule has 0 saturated heterocycles. The molecule has 1 atom stereocenters. The molecule has 1 aliphatic rings. The van der Waals surface area contributed by atoms with E-state index in [1.165, 1.54) is 11.8 Å². The fourth-order valence-electron chi connectivity index (χ4n) is 3.25. The van der Waals surface area contributed by atoms with E-state index in [0.29, 0.717) is 17.6 Å². The van der Waals surface area contributed by atoms with Gasteiger partial charge >= 0.3 is 0 Å². The minimum Gasteiger partial charge on any atom is -0.436 e. The number of hydrogen-bond acceptors (Lipinski definition) is 6. The van der Waals surface area contributed by atoms with Crippen LogP contribution < -0.4 is 5.32 Å². The number of aromatic nitrogens is 3. The van der Waals surface area contributed by atoms with Crippen molar-refractivity contribution in [2.45, 2.75) is 30.9 Å². The summed E-state index contributed by atoms with van der Waals surface area (Å²) < 4.78 is 10.7. The highest BCUT2D eigenvalue weighted by molar-refractivity contribution is 6.58. The van der Waals surface area contributed by atoms with Crippen LogP contribution in [0.15, 0.2) is 33.3 Å². The third-order valence-corrected chi connectivity index (χ3v) is 4.70. The van der Waals surface area contributed by atoms with E-state index < -0.39 is 0 Å². The van der Waals surface area contributed by atoms with Gasteiger partial charge in [0.2, 0.25) is 17.5 Å². The standard InChI is InChI=1S/C17H19B3N4O3/c1-8-21-7-13(26-8)15(25)22-12-5-3-9-6-10(2-4-11(9)12)14-23-16(27-24-14)17(18,19)20/h2,4,6-7,12H,3,5,18-20H2,1H3,(H,22,25)/t12-/m1/s1. The van der Waals surface area contributed by atoms with Crippen molar-refractivity contribution in [3.05, 3.63) is 53.1 Å². The maximum absolute atomic E-state index is 12.3. The summed E-state index contributed by atoms with van der Waals surface area (Å²) in [6.07, 6.45) is 3.18. The number of carbonyl (C=O) groups excluding carboxylic acids is 1. The fraction of sp³-hybridized carbons (Fsp3) is 0.294. The van der Waals surface area contributed by atoms with Crippen LogP contribution in [0.5, 0.6) is 0 Å². The van der Waals surface area contributed by atoms with Gasteiger partial charge in [0.25, 0.3) is 5.91 Å². The molecule has 0 saturated carbocycles. The summed E-state index contributed by atoms with van der Waals surface area (Å²) in [5.74, 6) is 1.67. The third kappa shape index (κ3) is 3.43. The van der Waals surface area contributed by atoms with Gasteiger partial charge in [-0.2, -0.15) is 4.98 Å². The van der Waals surface area contributed by atoms with Gasteiger partial charge in [0.15, 0.2) is 5.89 Å². The Bertz CT molecular complexity index is 1010. The predicted molar refractivity (Wildman–Crippen MR) is 107 cm³/mol. The van der Waals surface area contributed by atoms with Crippen molar-refractivity contribution in [2.75, 3.05) is 0 Å². The summed E-state index contributed by atoms with van der Waals surface area (Å²) in [4.78, 5) is 20.8. The van der Waals surface area contributed by atoms with Crippen LogP contribution in [0, 0.1) is 6.92 Å². The van der Waals surface area contributed by atoms with Crippen molar-refractivity contribution in [2.24, 2.45) is 0 Å². The Morgan fingerprint density at radius 3 is 2.81 bits per heavy atom. The maximum atomic E-state index is 12.3. The molecule has 0 fully saturated rings. The number of oxazole rings is 1. The third-order valence-electron chi connectivity index (χ3n) is 4.70. The Labute approximate surface area is 159 Å². The Morgan fingerprint density at radius 2 is 2.15 bits per heavy atom. The van der Waals surface area contributed by atoms with E-state index in [1.54, 1.807) is 6.92 Å². The Hall–Kier alpha value is -2.77. The Morgan fingerprint density at radius 1 is 1.33 bits per heavy atom. The van der Waals surface area contributed by atoms with Crippen LogP contribution in [-0.2, 0) is 11.5 Å². The molecular formula is C17H19B3N4O3. The van der Waals surface area contributed by atoms with Crippen molar-refractivity contribution >= 4 is 29.4 Å². The molecule has 134 valence electrons. The molecule has 0 unspecified atom stereocenters. The van der Waals surface area contributed by atoms with E-state index >= 15 is 0 Å². The largest absolute Gasteiger partial charge is 0.436 e.